The lowest BCUT2D eigenvalue weighted by Gasteiger charge is -2.18. The number of anilines is 2. The number of hydrogen-bond donors (Lipinski definition) is 2. The van der Waals surface area contributed by atoms with Gasteiger partial charge in [-0.15, -0.1) is 0 Å². The summed E-state index contributed by atoms with van der Waals surface area (Å²) in [5.41, 5.74) is 0.169. The van der Waals surface area contributed by atoms with Crippen LogP contribution in [-0.4, -0.2) is 25.2 Å². The molecule has 5 nitrogen and oxygen atoms in total. The van der Waals surface area contributed by atoms with Gasteiger partial charge in [0.2, 0.25) is 5.91 Å². The zero-order valence-electron chi connectivity index (χ0n) is 16.4. The van der Waals surface area contributed by atoms with Crippen LogP contribution < -0.4 is 20.1 Å². The molecule has 1 atom stereocenters. The molecule has 0 aromatic heterocycles. The molecule has 0 heterocycles. The molecule has 152 valence electrons. The van der Waals surface area contributed by atoms with Crippen molar-refractivity contribution in [1.29, 1.82) is 0 Å². The Morgan fingerprint density at radius 1 is 1.00 bits per heavy atom. The third-order valence-corrected chi connectivity index (χ3v) is 3.85. The highest BCUT2D eigenvalue weighted by Crippen LogP contribution is 2.31. The molecule has 2 aromatic rings. The Bertz CT molecular complexity index is 779. The van der Waals surface area contributed by atoms with Gasteiger partial charge in [-0.3, -0.25) is 4.79 Å². The molecule has 7 heteroatoms. The minimum atomic E-state index is -0.826. The molecule has 0 radical (unpaired) electrons. The number of para-hydroxylation sites is 1. The molecule has 2 aromatic carbocycles. The van der Waals surface area contributed by atoms with Gasteiger partial charge in [0.1, 0.15) is 23.4 Å². The predicted molar refractivity (Wildman–Crippen MR) is 106 cm³/mol. The fraction of sp³-hybridized carbons (Fsp3) is 0.381. The number of halogens is 2. The van der Waals surface area contributed by atoms with E-state index >= 15 is 0 Å². The van der Waals surface area contributed by atoms with Crippen LogP contribution in [0, 0.1) is 11.6 Å². The van der Waals surface area contributed by atoms with Crippen LogP contribution in [0.1, 0.15) is 33.6 Å². The molecule has 0 fully saturated rings. The van der Waals surface area contributed by atoms with Crippen molar-refractivity contribution in [1.82, 2.24) is 0 Å². The van der Waals surface area contributed by atoms with E-state index in [1.165, 1.54) is 6.07 Å². The van der Waals surface area contributed by atoms with Gasteiger partial charge < -0.3 is 20.1 Å². The van der Waals surface area contributed by atoms with Crippen molar-refractivity contribution in [3.05, 3.63) is 48.0 Å². The summed E-state index contributed by atoms with van der Waals surface area (Å²) in [5.74, 6) is -1.01. The van der Waals surface area contributed by atoms with Gasteiger partial charge in [-0.25, -0.2) is 8.78 Å². The van der Waals surface area contributed by atoms with Crippen molar-refractivity contribution in [3.8, 4) is 11.5 Å². The number of carbonyl (C=O) groups is 1. The van der Waals surface area contributed by atoms with Crippen molar-refractivity contribution >= 4 is 17.3 Å². The normalized spacial score (nSPS) is 11.6. The smallest absolute Gasteiger partial charge is 0.246 e. The summed E-state index contributed by atoms with van der Waals surface area (Å²) >= 11 is 0. The third-order valence-electron chi connectivity index (χ3n) is 3.85. The van der Waals surface area contributed by atoms with Gasteiger partial charge in [0, 0.05) is 11.8 Å². The topological polar surface area (TPSA) is 59.6 Å². The van der Waals surface area contributed by atoms with Gasteiger partial charge >= 0.3 is 0 Å². The van der Waals surface area contributed by atoms with E-state index in [0.29, 0.717) is 30.4 Å². The van der Waals surface area contributed by atoms with E-state index in [1.54, 1.807) is 25.1 Å². The van der Waals surface area contributed by atoms with Crippen LogP contribution in [0.25, 0.3) is 0 Å². The quantitative estimate of drug-likeness (QED) is 0.599. The fourth-order valence-electron chi connectivity index (χ4n) is 2.42. The molecule has 0 spiro atoms. The minimum Gasteiger partial charge on any atom is -0.490 e. The van der Waals surface area contributed by atoms with Gasteiger partial charge in [-0.05, 0) is 44.0 Å². The Morgan fingerprint density at radius 2 is 1.61 bits per heavy atom. The summed E-state index contributed by atoms with van der Waals surface area (Å²) in [7, 11) is 0. The molecular formula is C21H26F2N2O3. The average molecular weight is 392 g/mol. The van der Waals surface area contributed by atoms with Crippen molar-refractivity contribution in [3.63, 3.8) is 0 Å². The Balaban J connectivity index is 2.09. The maximum atomic E-state index is 13.7. The van der Waals surface area contributed by atoms with E-state index in [9.17, 15) is 13.6 Å². The monoisotopic (exact) mass is 392 g/mol. The predicted octanol–water partition coefficient (Wildman–Crippen LogP) is 4.98. The van der Waals surface area contributed by atoms with Crippen LogP contribution in [0.5, 0.6) is 11.5 Å². The van der Waals surface area contributed by atoms with Gasteiger partial charge in [-0.1, -0.05) is 19.9 Å². The van der Waals surface area contributed by atoms with Crippen LogP contribution in [0.15, 0.2) is 36.4 Å². The Hall–Kier alpha value is -2.83. The summed E-state index contributed by atoms with van der Waals surface area (Å²) in [5, 5.41) is 5.29. The summed E-state index contributed by atoms with van der Waals surface area (Å²) in [6, 6.07) is 7.95. The molecule has 1 amide bonds. The lowest BCUT2D eigenvalue weighted by molar-refractivity contribution is -0.116. The molecule has 0 saturated carbocycles. The summed E-state index contributed by atoms with van der Waals surface area (Å²) in [6.07, 6.45) is 1.72. The number of ether oxygens (including phenoxy) is 2. The molecule has 0 aliphatic heterocycles. The van der Waals surface area contributed by atoms with Crippen LogP contribution in [0.3, 0.4) is 0 Å². The Kier molecular flexibility index (Phi) is 8.04. The number of nitrogens with one attached hydrogen (secondary N) is 2. The first-order valence-corrected chi connectivity index (χ1v) is 9.37. The highest BCUT2D eigenvalue weighted by atomic mass is 19.1. The number of rotatable bonds is 10. The molecule has 0 aliphatic rings. The lowest BCUT2D eigenvalue weighted by Crippen LogP contribution is -2.32. The first-order chi connectivity index (χ1) is 13.5. The standard InChI is InChI=1S/C21H26F2N2O3/c1-4-11-27-18-10-9-15(13-19(18)28-12-5-2)24-14(3)21(26)25-20-16(22)7-6-8-17(20)23/h6-10,13-14,24H,4-5,11-12H2,1-3H3,(H,25,26). The molecule has 2 N–H and O–H groups in total. The Morgan fingerprint density at radius 3 is 2.21 bits per heavy atom. The van der Waals surface area contributed by atoms with Gasteiger partial charge in [0.05, 0.1) is 13.2 Å². The van der Waals surface area contributed by atoms with Crippen molar-refractivity contribution in [2.75, 3.05) is 23.8 Å². The minimum absolute atomic E-state index is 0.462. The van der Waals surface area contributed by atoms with E-state index in [-0.39, 0.29) is 0 Å². The van der Waals surface area contributed by atoms with Crippen LogP contribution in [0.4, 0.5) is 20.2 Å². The summed E-state index contributed by atoms with van der Waals surface area (Å²) < 4.78 is 38.8. The largest absolute Gasteiger partial charge is 0.490 e. The Labute approximate surface area is 164 Å². The van der Waals surface area contributed by atoms with E-state index in [2.05, 4.69) is 10.6 Å². The summed E-state index contributed by atoms with van der Waals surface area (Å²) in [4.78, 5) is 12.3. The molecular weight excluding hydrogens is 366 g/mol. The maximum Gasteiger partial charge on any atom is 0.246 e. The second kappa shape index (κ2) is 10.5. The average Bonchev–Trinajstić information content (AvgIpc) is 2.68. The van der Waals surface area contributed by atoms with Crippen LogP contribution >= 0.6 is 0 Å². The SMILES string of the molecule is CCCOc1ccc(NC(C)C(=O)Nc2c(F)cccc2F)cc1OCCC. The maximum absolute atomic E-state index is 13.7. The van der Waals surface area contributed by atoms with Crippen molar-refractivity contribution < 1.29 is 23.0 Å². The molecule has 0 aliphatic carbocycles. The van der Waals surface area contributed by atoms with Crippen LogP contribution in [-0.2, 0) is 4.79 Å². The number of amides is 1. The van der Waals surface area contributed by atoms with E-state index in [0.717, 1.165) is 25.0 Å². The molecule has 0 bridgehead atoms. The van der Waals surface area contributed by atoms with E-state index in [1.807, 2.05) is 13.8 Å². The highest BCUT2D eigenvalue weighted by molar-refractivity contribution is 5.96. The zero-order valence-corrected chi connectivity index (χ0v) is 16.4. The van der Waals surface area contributed by atoms with E-state index in [4.69, 9.17) is 9.47 Å². The van der Waals surface area contributed by atoms with Crippen molar-refractivity contribution in [2.24, 2.45) is 0 Å². The summed E-state index contributed by atoms with van der Waals surface area (Å²) in [6.45, 7) is 6.73. The fourth-order valence-corrected chi connectivity index (χ4v) is 2.42. The van der Waals surface area contributed by atoms with Crippen LogP contribution in [0.2, 0.25) is 0 Å². The second-order valence-electron chi connectivity index (χ2n) is 6.31. The lowest BCUT2D eigenvalue weighted by atomic mass is 10.2. The third kappa shape index (κ3) is 5.84. The van der Waals surface area contributed by atoms with Gasteiger partial charge in [0.25, 0.3) is 0 Å². The first kappa shape index (κ1) is 21.5. The number of benzene rings is 2. The van der Waals surface area contributed by atoms with Gasteiger partial charge in [-0.2, -0.15) is 0 Å². The van der Waals surface area contributed by atoms with Gasteiger partial charge in [0.15, 0.2) is 11.5 Å². The van der Waals surface area contributed by atoms with E-state index < -0.39 is 29.3 Å². The molecule has 1 unspecified atom stereocenters. The second-order valence-corrected chi connectivity index (χ2v) is 6.31. The highest BCUT2D eigenvalue weighted by Gasteiger charge is 2.18. The molecule has 28 heavy (non-hydrogen) atoms. The first-order valence-electron chi connectivity index (χ1n) is 9.37. The number of hydrogen-bond acceptors (Lipinski definition) is 4. The van der Waals surface area contributed by atoms with Crippen molar-refractivity contribution in [2.45, 2.75) is 39.7 Å². The zero-order chi connectivity index (χ0) is 20.5. The number of carbonyl (C=O) groups excluding carboxylic acids is 1. The molecule has 0 saturated heterocycles. The molecule has 2 rings (SSSR count).